The maximum atomic E-state index is 12.7. The first-order valence-electron chi connectivity index (χ1n) is 8.29. The van der Waals surface area contributed by atoms with Crippen LogP contribution in [0.2, 0.25) is 0 Å². The van der Waals surface area contributed by atoms with E-state index in [1.807, 2.05) is 29.2 Å². The standard InChI is InChI=1S/C17H16F3N5OS/c1-26-13-4-2-3-11-12(5-6-21-14(11)13)24-7-9-25(10-8-24)16-23-22-15(27-16)17(18,19)20/h2-6H,7-10H2,1H3. The van der Waals surface area contributed by atoms with Crippen molar-refractivity contribution >= 4 is 33.1 Å². The minimum absolute atomic E-state index is 0.309. The van der Waals surface area contributed by atoms with Gasteiger partial charge in [0.25, 0.3) is 0 Å². The van der Waals surface area contributed by atoms with Crippen LogP contribution in [0.3, 0.4) is 0 Å². The molecule has 0 aliphatic carbocycles. The SMILES string of the molecule is COc1cccc2c(N3CCN(c4nnc(C(F)(F)F)s4)CC3)ccnc12. The molecule has 0 bridgehead atoms. The van der Waals surface area contributed by atoms with Gasteiger partial charge < -0.3 is 14.5 Å². The lowest BCUT2D eigenvalue weighted by Gasteiger charge is -2.36. The quantitative estimate of drug-likeness (QED) is 0.677. The normalized spacial score (nSPS) is 15.4. The van der Waals surface area contributed by atoms with Gasteiger partial charge in [-0.1, -0.05) is 23.5 Å². The van der Waals surface area contributed by atoms with Crippen LogP contribution in [0.4, 0.5) is 24.0 Å². The zero-order chi connectivity index (χ0) is 19.0. The van der Waals surface area contributed by atoms with Gasteiger partial charge in [-0.2, -0.15) is 13.2 Å². The molecule has 142 valence electrons. The zero-order valence-corrected chi connectivity index (χ0v) is 15.2. The number of fused-ring (bicyclic) bond motifs is 1. The Morgan fingerprint density at radius 1 is 1.04 bits per heavy atom. The molecular formula is C17H16F3N5OS. The summed E-state index contributed by atoms with van der Waals surface area (Å²) in [6.45, 7) is 2.47. The van der Waals surface area contributed by atoms with Crippen molar-refractivity contribution in [1.29, 1.82) is 0 Å². The van der Waals surface area contributed by atoms with Crippen LogP contribution in [0.1, 0.15) is 5.01 Å². The van der Waals surface area contributed by atoms with Crippen LogP contribution in [0.5, 0.6) is 5.75 Å². The first kappa shape index (κ1) is 17.8. The molecular weight excluding hydrogens is 379 g/mol. The lowest BCUT2D eigenvalue weighted by molar-refractivity contribution is -0.138. The second-order valence-electron chi connectivity index (χ2n) is 6.05. The van der Waals surface area contributed by atoms with Crippen molar-refractivity contribution in [1.82, 2.24) is 15.2 Å². The fourth-order valence-electron chi connectivity index (χ4n) is 3.17. The lowest BCUT2D eigenvalue weighted by atomic mass is 10.1. The summed E-state index contributed by atoms with van der Waals surface area (Å²) in [5.74, 6) is 0.710. The van der Waals surface area contributed by atoms with E-state index >= 15 is 0 Å². The summed E-state index contributed by atoms with van der Waals surface area (Å²) in [4.78, 5) is 8.45. The van der Waals surface area contributed by atoms with Gasteiger partial charge in [-0.05, 0) is 12.1 Å². The highest BCUT2D eigenvalue weighted by Gasteiger charge is 2.36. The molecule has 3 aromatic rings. The number of rotatable bonds is 3. The van der Waals surface area contributed by atoms with Crippen molar-refractivity contribution in [3.63, 3.8) is 0 Å². The van der Waals surface area contributed by atoms with Gasteiger partial charge in [-0.15, -0.1) is 10.2 Å². The molecule has 1 saturated heterocycles. The number of anilines is 2. The molecule has 0 N–H and O–H groups in total. The molecule has 1 aliphatic rings. The molecule has 0 atom stereocenters. The first-order valence-corrected chi connectivity index (χ1v) is 9.11. The molecule has 4 rings (SSSR count). The van der Waals surface area contributed by atoms with E-state index in [9.17, 15) is 13.2 Å². The number of para-hydroxylation sites is 1. The topological polar surface area (TPSA) is 54.4 Å². The fourth-order valence-corrected chi connectivity index (χ4v) is 3.93. The summed E-state index contributed by atoms with van der Waals surface area (Å²) in [7, 11) is 1.61. The summed E-state index contributed by atoms with van der Waals surface area (Å²) in [5.41, 5.74) is 1.82. The smallest absolute Gasteiger partial charge is 0.445 e. The molecule has 10 heteroatoms. The number of nitrogens with zero attached hydrogens (tertiary/aromatic N) is 5. The number of ether oxygens (including phenoxy) is 1. The van der Waals surface area contributed by atoms with E-state index in [1.165, 1.54) is 0 Å². The van der Waals surface area contributed by atoms with Gasteiger partial charge in [0.2, 0.25) is 10.1 Å². The summed E-state index contributed by atoms with van der Waals surface area (Å²) >= 11 is 0.585. The van der Waals surface area contributed by atoms with E-state index in [0.29, 0.717) is 48.4 Å². The molecule has 0 unspecified atom stereocenters. The molecule has 6 nitrogen and oxygen atoms in total. The third kappa shape index (κ3) is 3.36. The number of hydrogen-bond donors (Lipinski definition) is 0. The molecule has 27 heavy (non-hydrogen) atoms. The molecule has 1 fully saturated rings. The highest BCUT2D eigenvalue weighted by molar-refractivity contribution is 7.15. The number of aromatic nitrogens is 3. The van der Waals surface area contributed by atoms with Gasteiger partial charge in [-0.25, -0.2) is 0 Å². The van der Waals surface area contributed by atoms with Crippen LogP contribution in [0.15, 0.2) is 30.5 Å². The first-order chi connectivity index (χ1) is 13.0. The summed E-state index contributed by atoms with van der Waals surface area (Å²) in [5, 5.41) is 7.36. The number of hydrogen-bond acceptors (Lipinski definition) is 7. The van der Waals surface area contributed by atoms with Crippen molar-refractivity contribution in [3.8, 4) is 5.75 Å². The Morgan fingerprint density at radius 2 is 1.78 bits per heavy atom. The van der Waals surface area contributed by atoms with Gasteiger partial charge >= 0.3 is 6.18 Å². The molecule has 0 radical (unpaired) electrons. The van der Waals surface area contributed by atoms with Crippen LogP contribution in [0, 0.1) is 0 Å². The average Bonchev–Trinajstić information content (AvgIpc) is 3.18. The van der Waals surface area contributed by atoms with Crippen molar-refractivity contribution in [3.05, 3.63) is 35.5 Å². The third-order valence-corrected chi connectivity index (χ3v) is 5.51. The van der Waals surface area contributed by atoms with Crippen LogP contribution in [0.25, 0.3) is 10.9 Å². The predicted molar refractivity (Wildman–Crippen MR) is 97.6 cm³/mol. The summed E-state index contributed by atoms with van der Waals surface area (Å²) < 4.78 is 43.6. The lowest BCUT2D eigenvalue weighted by Crippen LogP contribution is -2.46. The number of halogens is 3. The van der Waals surface area contributed by atoms with Crippen molar-refractivity contribution in [2.24, 2.45) is 0 Å². The molecule has 1 aromatic carbocycles. The number of methoxy groups -OCH3 is 1. The van der Waals surface area contributed by atoms with E-state index < -0.39 is 11.2 Å². The van der Waals surface area contributed by atoms with Gasteiger partial charge in [-0.3, -0.25) is 4.98 Å². The van der Waals surface area contributed by atoms with E-state index in [1.54, 1.807) is 13.3 Å². The van der Waals surface area contributed by atoms with E-state index in [4.69, 9.17) is 4.74 Å². The van der Waals surface area contributed by atoms with Gasteiger partial charge in [0.1, 0.15) is 11.3 Å². The van der Waals surface area contributed by atoms with Crippen LogP contribution in [-0.4, -0.2) is 48.5 Å². The van der Waals surface area contributed by atoms with Gasteiger partial charge in [0.15, 0.2) is 0 Å². The number of alkyl halides is 3. The highest BCUT2D eigenvalue weighted by Crippen LogP contribution is 2.35. The highest BCUT2D eigenvalue weighted by atomic mass is 32.1. The van der Waals surface area contributed by atoms with Gasteiger partial charge in [0.05, 0.1) is 7.11 Å². The Labute approximate surface area is 157 Å². The number of pyridine rings is 1. The average molecular weight is 395 g/mol. The monoisotopic (exact) mass is 395 g/mol. The molecule has 0 amide bonds. The second kappa shape index (κ2) is 6.84. The summed E-state index contributed by atoms with van der Waals surface area (Å²) in [6, 6.07) is 7.73. The Hall–Kier alpha value is -2.62. The fraction of sp³-hybridized carbons (Fsp3) is 0.353. The van der Waals surface area contributed by atoms with E-state index in [2.05, 4.69) is 20.1 Å². The Balaban J connectivity index is 1.53. The van der Waals surface area contributed by atoms with Crippen LogP contribution in [-0.2, 0) is 6.18 Å². The summed E-state index contributed by atoms with van der Waals surface area (Å²) in [6.07, 6.45) is -2.71. The maximum Gasteiger partial charge on any atom is 0.445 e. The Morgan fingerprint density at radius 3 is 2.44 bits per heavy atom. The number of piperazine rings is 1. The molecule has 1 aliphatic heterocycles. The van der Waals surface area contributed by atoms with Crippen molar-refractivity contribution < 1.29 is 17.9 Å². The second-order valence-corrected chi connectivity index (χ2v) is 7.00. The minimum atomic E-state index is -4.45. The predicted octanol–water partition coefficient (Wildman–Crippen LogP) is 3.44. The van der Waals surface area contributed by atoms with E-state index in [-0.39, 0.29) is 0 Å². The van der Waals surface area contributed by atoms with Crippen molar-refractivity contribution in [2.45, 2.75) is 6.18 Å². The zero-order valence-electron chi connectivity index (χ0n) is 14.4. The molecule has 0 saturated carbocycles. The Bertz CT molecular complexity index is 953. The minimum Gasteiger partial charge on any atom is -0.494 e. The maximum absolute atomic E-state index is 12.7. The molecule has 2 aromatic heterocycles. The van der Waals surface area contributed by atoms with Crippen LogP contribution >= 0.6 is 11.3 Å². The van der Waals surface area contributed by atoms with E-state index in [0.717, 1.165) is 16.6 Å². The van der Waals surface area contributed by atoms with Gasteiger partial charge in [0, 0.05) is 43.4 Å². The number of benzene rings is 1. The third-order valence-electron chi connectivity index (χ3n) is 4.48. The van der Waals surface area contributed by atoms with Crippen molar-refractivity contribution in [2.75, 3.05) is 43.1 Å². The molecule has 0 spiro atoms. The van der Waals surface area contributed by atoms with Crippen LogP contribution < -0.4 is 14.5 Å². The Kier molecular flexibility index (Phi) is 4.50. The largest absolute Gasteiger partial charge is 0.494 e. The molecule has 3 heterocycles.